The van der Waals surface area contributed by atoms with Gasteiger partial charge in [0.25, 0.3) is 0 Å². The third-order valence-corrected chi connectivity index (χ3v) is 3.09. The molecule has 1 aromatic rings. The van der Waals surface area contributed by atoms with Crippen molar-refractivity contribution in [3.8, 4) is 12.1 Å². The average Bonchev–Trinajstić information content (AvgIpc) is 2.46. The van der Waals surface area contributed by atoms with E-state index in [9.17, 15) is 4.79 Å². The summed E-state index contributed by atoms with van der Waals surface area (Å²) in [5.74, 6) is 0. The zero-order valence-electron chi connectivity index (χ0n) is 11.2. The standard InChI is InChI=1S/C14H13N5O/c1-18-9-11-5-12(17-8-10(6-15)7-16)3-4-13(11)19(2)14(18)20/h3-5,8,17H,9H2,1-2H3. The molecule has 0 aromatic heterocycles. The first-order valence-corrected chi connectivity index (χ1v) is 5.95. The molecule has 20 heavy (non-hydrogen) atoms. The number of carbonyl (C=O) groups is 1. The van der Waals surface area contributed by atoms with Gasteiger partial charge in [-0.05, 0) is 23.8 Å². The third kappa shape index (κ3) is 2.40. The molecule has 0 saturated heterocycles. The second kappa shape index (κ2) is 5.33. The van der Waals surface area contributed by atoms with Crippen LogP contribution in [-0.4, -0.2) is 25.0 Å². The number of allylic oxidation sites excluding steroid dienone is 1. The highest BCUT2D eigenvalue weighted by Gasteiger charge is 2.24. The lowest BCUT2D eigenvalue weighted by molar-refractivity contribution is 0.212. The molecular weight excluding hydrogens is 254 g/mol. The maximum absolute atomic E-state index is 11.8. The normalized spacial score (nSPS) is 13.1. The minimum Gasteiger partial charge on any atom is -0.360 e. The van der Waals surface area contributed by atoms with Gasteiger partial charge in [0, 0.05) is 32.5 Å². The van der Waals surface area contributed by atoms with Crippen LogP contribution in [0.5, 0.6) is 0 Å². The van der Waals surface area contributed by atoms with E-state index in [1.807, 2.05) is 12.1 Å². The molecule has 0 aliphatic carbocycles. The summed E-state index contributed by atoms with van der Waals surface area (Å²) in [6.07, 6.45) is 1.36. The second-order valence-electron chi connectivity index (χ2n) is 4.47. The number of urea groups is 1. The SMILES string of the molecule is CN1Cc2cc(NC=C(C#N)C#N)ccc2N(C)C1=O. The smallest absolute Gasteiger partial charge is 0.324 e. The monoisotopic (exact) mass is 267 g/mol. The van der Waals surface area contributed by atoms with E-state index in [1.54, 1.807) is 42.1 Å². The molecule has 1 aliphatic rings. The number of nitrogens with one attached hydrogen (secondary N) is 1. The van der Waals surface area contributed by atoms with Crippen LogP contribution in [0.25, 0.3) is 0 Å². The first-order valence-electron chi connectivity index (χ1n) is 5.95. The molecule has 0 fully saturated rings. The van der Waals surface area contributed by atoms with Crippen molar-refractivity contribution >= 4 is 17.4 Å². The van der Waals surface area contributed by atoms with Gasteiger partial charge in [-0.15, -0.1) is 0 Å². The predicted molar refractivity (Wildman–Crippen MR) is 74.6 cm³/mol. The Hall–Kier alpha value is -2.99. The van der Waals surface area contributed by atoms with Gasteiger partial charge in [-0.3, -0.25) is 4.90 Å². The summed E-state index contributed by atoms with van der Waals surface area (Å²) in [7, 11) is 3.47. The maximum atomic E-state index is 11.8. The summed E-state index contributed by atoms with van der Waals surface area (Å²) in [6, 6.07) is 9.06. The molecule has 100 valence electrons. The van der Waals surface area contributed by atoms with Gasteiger partial charge < -0.3 is 10.2 Å². The van der Waals surface area contributed by atoms with Gasteiger partial charge in [0.05, 0.1) is 5.69 Å². The number of hydrogen-bond donors (Lipinski definition) is 1. The molecule has 0 spiro atoms. The molecule has 0 atom stereocenters. The number of nitrogens with zero attached hydrogens (tertiary/aromatic N) is 4. The van der Waals surface area contributed by atoms with Gasteiger partial charge >= 0.3 is 6.03 Å². The molecule has 6 heteroatoms. The molecular formula is C14H13N5O. The maximum Gasteiger partial charge on any atom is 0.324 e. The van der Waals surface area contributed by atoms with Crippen LogP contribution in [0.4, 0.5) is 16.2 Å². The van der Waals surface area contributed by atoms with Gasteiger partial charge in [-0.2, -0.15) is 10.5 Å². The molecule has 0 bridgehead atoms. The van der Waals surface area contributed by atoms with E-state index >= 15 is 0 Å². The predicted octanol–water partition coefficient (Wildman–Crippen LogP) is 2.03. The van der Waals surface area contributed by atoms with Crippen LogP contribution < -0.4 is 10.2 Å². The van der Waals surface area contributed by atoms with Gasteiger partial charge in [-0.1, -0.05) is 0 Å². The van der Waals surface area contributed by atoms with Crippen LogP contribution in [0.3, 0.4) is 0 Å². The van der Waals surface area contributed by atoms with Gasteiger partial charge in [0.2, 0.25) is 0 Å². The van der Waals surface area contributed by atoms with E-state index in [2.05, 4.69) is 5.32 Å². The fraction of sp³-hybridized carbons (Fsp3) is 0.214. The molecule has 1 aromatic carbocycles. The highest BCUT2D eigenvalue weighted by molar-refractivity contribution is 5.94. The summed E-state index contributed by atoms with van der Waals surface area (Å²) in [4.78, 5) is 15.0. The summed E-state index contributed by atoms with van der Waals surface area (Å²) in [5, 5.41) is 20.2. The molecule has 2 amide bonds. The molecule has 0 radical (unpaired) electrons. The van der Waals surface area contributed by atoms with Crippen LogP contribution >= 0.6 is 0 Å². The first kappa shape index (κ1) is 13.4. The quantitative estimate of drug-likeness (QED) is 0.831. The molecule has 0 saturated carbocycles. The molecule has 1 aliphatic heterocycles. The Morgan fingerprint density at radius 3 is 2.70 bits per heavy atom. The van der Waals surface area contributed by atoms with Crippen molar-refractivity contribution in [3.05, 3.63) is 35.5 Å². The fourth-order valence-electron chi connectivity index (χ4n) is 2.06. The van der Waals surface area contributed by atoms with Gasteiger partial charge in [-0.25, -0.2) is 4.79 Å². The number of anilines is 2. The summed E-state index contributed by atoms with van der Waals surface area (Å²) < 4.78 is 0. The van der Waals surface area contributed by atoms with Gasteiger partial charge in [0.1, 0.15) is 17.7 Å². The highest BCUT2D eigenvalue weighted by Crippen LogP contribution is 2.29. The van der Waals surface area contributed by atoms with Crippen LogP contribution in [0, 0.1) is 22.7 Å². The van der Waals surface area contributed by atoms with Crippen molar-refractivity contribution in [2.45, 2.75) is 6.54 Å². The zero-order chi connectivity index (χ0) is 14.7. The van der Waals surface area contributed by atoms with E-state index in [0.717, 1.165) is 16.9 Å². The van der Waals surface area contributed by atoms with Crippen molar-refractivity contribution in [2.24, 2.45) is 0 Å². The topological polar surface area (TPSA) is 83.2 Å². The first-order chi connectivity index (χ1) is 9.56. The largest absolute Gasteiger partial charge is 0.360 e. The van der Waals surface area contributed by atoms with Crippen molar-refractivity contribution in [3.63, 3.8) is 0 Å². The van der Waals surface area contributed by atoms with Crippen molar-refractivity contribution in [1.82, 2.24) is 4.90 Å². The number of rotatable bonds is 2. The number of amides is 2. The average molecular weight is 267 g/mol. The van der Waals surface area contributed by atoms with E-state index < -0.39 is 0 Å². The Labute approximate surface area is 117 Å². The van der Waals surface area contributed by atoms with E-state index in [0.29, 0.717) is 6.54 Å². The lowest BCUT2D eigenvalue weighted by Gasteiger charge is -2.32. The number of benzene rings is 1. The lowest BCUT2D eigenvalue weighted by Crippen LogP contribution is -2.42. The molecule has 0 unspecified atom stereocenters. The second-order valence-corrected chi connectivity index (χ2v) is 4.47. The molecule has 2 rings (SSSR count). The van der Waals surface area contributed by atoms with Crippen LogP contribution in [0.1, 0.15) is 5.56 Å². The molecule has 6 nitrogen and oxygen atoms in total. The Balaban J connectivity index is 2.28. The summed E-state index contributed by atoms with van der Waals surface area (Å²) in [6.45, 7) is 0.529. The number of carbonyl (C=O) groups excluding carboxylic acids is 1. The zero-order valence-corrected chi connectivity index (χ0v) is 11.2. The third-order valence-electron chi connectivity index (χ3n) is 3.09. The number of hydrogen-bond acceptors (Lipinski definition) is 4. The van der Waals surface area contributed by atoms with E-state index in [4.69, 9.17) is 10.5 Å². The fourth-order valence-corrected chi connectivity index (χ4v) is 2.06. The summed E-state index contributed by atoms with van der Waals surface area (Å²) in [5.41, 5.74) is 2.64. The number of nitriles is 2. The van der Waals surface area contributed by atoms with Crippen molar-refractivity contribution < 1.29 is 4.79 Å². The molecule has 1 heterocycles. The van der Waals surface area contributed by atoms with Crippen molar-refractivity contribution in [1.29, 1.82) is 10.5 Å². The minimum atomic E-state index is -0.0469. The minimum absolute atomic E-state index is 0.00661. The van der Waals surface area contributed by atoms with E-state index in [1.165, 1.54) is 6.20 Å². The van der Waals surface area contributed by atoms with Gasteiger partial charge in [0.15, 0.2) is 0 Å². The Bertz CT molecular complexity index is 649. The number of fused-ring (bicyclic) bond motifs is 1. The Morgan fingerprint density at radius 1 is 1.35 bits per heavy atom. The van der Waals surface area contributed by atoms with Crippen LogP contribution in [-0.2, 0) is 6.54 Å². The van der Waals surface area contributed by atoms with E-state index in [-0.39, 0.29) is 11.6 Å². The Morgan fingerprint density at radius 2 is 2.05 bits per heavy atom. The van der Waals surface area contributed by atoms with Crippen molar-refractivity contribution in [2.75, 3.05) is 24.3 Å². The summed E-state index contributed by atoms with van der Waals surface area (Å²) >= 11 is 0. The highest BCUT2D eigenvalue weighted by atomic mass is 16.2. The lowest BCUT2D eigenvalue weighted by atomic mass is 10.1. The Kier molecular flexibility index (Phi) is 3.58. The molecule has 1 N–H and O–H groups in total. The van der Waals surface area contributed by atoms with Crippen LogP contribution in [0.2, 0.25) is 0 Å². The van der Waals surface area contributed by atoms with Crippen LogP contribution in [0.15, 0.2) is 30.0 Å².